The Balaban J connectivity index is 2.34. The highest BCUT2D eigenvalue weighted by Gasteiger charge is 2.07. The Kier molecular flexibility index (Phi) is 6.36. The Hall–Kier alpha value is -1.55. The van der Waals surface area contributed by atoms with Crippen LogP contribution in [-0.2, 0) is 4.79 Å². The van der Waals surface area contributed by atoms with Crippen LogP contribution < -0.4 is 15.4 Å². The van der Waals surface area contributed by atoms with E-state index in [0.717, 1.165) is 12.3 Å². The van der Waals surface area contributed by atoms with Gasteiger partial charge in [-0.2, -0.15) is 0 Å². The molecule has 19 heavy (non-hydrogen) atoms. The van der Waals surface area contributed by atoms with Crippen LogP contribution >= 0.6 is 0 Å². The number of ether oxygens (including phenoxy) is 1. The summed E-state index contributed by atoms with van der Waals surface area (Å²) in [6.45, 7) is 7.27. The quantitative estimate of drug-likeness (QED) is 0.742. The lowest BCUT2D eigenvalue weighted by Gasteiger charge is -2.15. The molecule has 1 atom stereocenters. The van der Waals surface area contributed by atoms with Crippen molar-refractivity contribution in [1.82, 2.24) is 10.6 Å². The molecule has 0 saturated heterocycles. The van der Waals surface area contributed by atoms with Crippen molar-refractivity contribution in [3.8, 4) is 5.75 Å². The molecule has 1 amide bonds. The second-order valence-electron chi connectivity index (χ2n) is 4.90. The van der Waals surface area contributed by atoms with E-state index in [2.05, 4.69) is 23.6 Å². The number of methoxy groups -OCH3 is 1. The van der Waals surface area contributed by atoms with Crippen LogP contribution in [0.1, 0.15) is 32.4 Å². The van der Waals surface area contributed by atoms with E-state index in [1.165, 1.54) is 5.56 Å². The minimum atomic E-state index is 0.0378. The van der Waals surface area contributed by atoms with E-state index in [0.29, 0.717) is 6.54 Å². The van der Waals surface area contributed by atoms with Gasteiger partial charge in [-0.15, -0.1) is 0 Å². The van der Waals surface area contributed by atoms with Crippen molar-refractivity contribution in [2.24, 2.45) is 5.92 Å². The first kappa shape index (κ1) is 15.5. The molecule has 0 aromatic heterocycles. The molecule has 4 heteroatoms. The maximum Gasteiger partial charge on any atom is 0.222 e. The van der Waals surface area contributed by atoms with Gasteiger partial charge in [0.25, 0.3) is 0 Å². The smallest absolute Gasteiger partial charge is 0.222 e. The Morgan fingerprint density at radius 1 is 1.26 bits per heavy atom. The van der Waals surface area contributed by atoms with Crippen molar-refractivity contribution < 1.29 is 9.53 Å². The molecule has 0 spiro atoms. The van der Waals surface area contributed by atoms with Crippen molar-refractivity contribution in [2.45, 2.75) is 26.8 Å². The number of amides is 1. The predicted octanol–water partition coefficient (Wildman–Crippen LogP) is 2.12. The average Bonchev–Trinajstić information content (AvgIpc) is 2.42. The molecule has 0 radical (unpaired) electrons. The fraction of sp³-hybridized carbons (Fsp3) is 0.533. The molecule has 0 aliphatic heterocycles. The zero-order valence-corrected chi connectivity index (χ0v) is 12.2. The third-order valence-corrected chi connectivity index (χ3v) is 2.99. The molecule has 4 nitrogen and oxygen atoms in total. The third-order valence-electron chi connectivity index (χ3n) is 2.99. The number of hydrogen-bond acceptors (Lipinski definition) is 3. The number of rotatable bonds is 7. The molecule has 0 bridgehead atoms. The fourth-order valence-corrected chi connectivity index (χ4v) is 1.71. The second kappa shape index (κ2) is 7.79. The van der Waals surface area contributed by atoms with Crippen LogP contribution in [0.4, 0.5) is 0 Å². The highest BCUT2D eigenvalue weighted by atomic mass is 16.5. The first-order valence-electron chi connectivity index (χ1n) is 6.69. The number of hydrogen-bond donors (Lipinski definition) is 2. The van der Waals surface area contributed by atoms with Crippen LogP contribution in [0.15, 0.2) is 24.3 Å². The molecular formula is C15H24N2O2. The fourth-order valence-electron chi connectivity index (χ4n) is 1.71. The van der Waals surface area contributed by atoms with Crippen LogP contribution in [-0.4, -0.2) is 26.1 Å². The Morgan fingerprint density at radius 3 is 2.63 bits per heavy atom. The molecule has 0 fully saturated rings. The second-order valence-corrected chi connectivity index (χ2v) is 4.90. The van der Waals surface area contributed by atoms with Crippen molar-refractivity contribution in [2.75, 3.05) is 20.2 Å². The van der Waals surface area contributed by atoms with Gasteiger partial charge in [0, 0.05) is 25.0 Å². The lowest BCUT2D eigenvalue weighted by Crippen LogP contribution is -2.35. The standard InChI is InChI=1S/C15H24N2O2/c1-11(2)15(18)17-9-8-16-12(3)13-6-5-7-14(10-13)19-4/h5-7,10-12,16H,8-9H2,1-4H3,(H,17,18). The van der Waals surface area contributed by atoms with Gasteiger partial charge < -0.3 is 15.4 Å². The maximum atomic E-state index is 11.4. The summed E-state index contributed by atoms with van der Waals surface area (Å²) in [6.07, 6.45) is 0. The van der Waals surface area contributed by atoms with Crippen molar-refractivity contribution in [3.05, 3.63) is 29.8 Å². The van der Waals surface area contributed by atoms with Crippen molar-refractivity contribution in [3.63, 3.8) is 0 Å². The first-order chi connectivity index (χ1) is 9.04. The van der Waals surface area contributed by atoms with Crippen molar-refractivity contribution in [1.29, 1.82) is 0 Å². The van der Waals surface area contributed by atoms with Gasteiger partial charge in [-0.1, -0.05) is 26.0 Å². The van der Waals surface area contributed by atoms with Gasteiger partial charge >= 0.3 is 0 Å². The minimum absolute atomic E-state index is 0.0378. The van der Waals surface area contributed by atoms with Crippen LogP contribution in [0, 0.1) is 5.92 Å². The molecule has 0 heterocycles. The van der Waals surface area contributed by atoms with Crippen molar-refractivity contribution >= 4 is 5.91 Å². The number of benzene rings is 1. The van der Waals surface area contributed by atoms with E-state index in [-0.39, 0.29) is 17.9 Å². The van der Waals surface area contributed by atoms with Crippen LogP contribution in [0.5, 0.6) is 5.75 Å². The van der Waals surface area contributed by atoms with Gasteiger partial charge in [-0.25, -0.2) is 0 Å². The molecule has 1 unspecified atom stereocenters. The zero-order chi connectivity index (χ0) is 14.3. The molecule has 1 aromatic rings. The third kappa shape index (κ3) is 5.30. The van der Waals surface area contributed by atoms with E-state index in [4.69, 9.17) is 4.74 Å². The summed E-state index contributed by atoms with van der Waals surface area (Å²) in [6, 6.07) is 8.22. The predicted molar refractivity (Wildman–Crippen MR) is 77.3 cm³/mol. The first-order valence-corrected chi connectivity index (χ1v) is 6.69. The summed E-state index contributed by atoms with van der Waals surface area (Å²) in [7, 11) is 1.67. The SMILES string of the molecule is COc1cccc(C(C)NCCNC(=O)C(C)C)c1. The van der Waals surface area contributed by atoms with E-state index in [1.54, 1.807) is 7.11 Å². The Labute approximate surface area is 115 Å². The topological polar surface area (TPSA) is 50.4 Å². The number of nitrogens with one attached hydrogen (secondary N) is 2. The van der Waals surface area contributed by atoms with Crippen LogP contribution in [0.25, 0.3) is 0 Å². The molecule has 0 aliphatic rings. The normalized spacial score (nSPS) is 12.3. The van der Waals surface area contributed by atoms with Gasteiger partial charge in [-0.3, -0.25) is 4.79 Å². The summed E-state index contributed by atoms with van der Waals surface area (Å²) < 4.78 is 5.20. The van der Waals surface area contributed by atoms with Gasteiger partial charge in [0.2, 0.25) is 5.91 Å². The van der Waals surface area contributed by atoms with E-state index in [9.17, 15) is 4.79 Å². The lowest BCUT2D eigenvalue weighted by molar-refractivity contribution is -0.123. The summed E-state index contributed by atoms with van der Waals surface area (Å²) in [4.78, 5) is 11.4. The highest BCUT2D eigenvalue weighted by Crippen LogP contribution is 2.18. The Bertz CT molecular complexity index is 405. The zero-order valence-electron chi connectivity index (χ0n) is 12.2. The monoisotopic (exact) mass is 264 g/mol. The summed E-state index contributed by atoms with van der Waals surface area (Å²) in [5, 5.41) is 6.26. The molecule has 1 rings (SSSR count). The van der Waals surface area contributed by atoms with Gasteiger partial charge in [0.05, 0.1) is 7.11 Å². The lowest BCUT2D eigenvalue weighted by atomic mass is 10.1. The van der Waals surface area contributed by atoms with Gasteiger partial charge in [0.1, 0.15) is 5.75 Å². The van der Waals surface area contributed by atoms with Crippen LogP contribution in [0.3, 0.4) is 0 Å². The van der Waals surface area contributed by atoms with E-state index >= 15 is 0 Å². The maximum absolute atomic E-state index is 11.4. The van der Waals surface area contributed by atoms with Crippen LogP contribution in [0.2, 0.25) is 0 Å². The summed E-state index contributed by atoms with van der Waals surface area (Å²) in [5.74, 6) is 0.992. The molecule has 1 aromatic carbocycles. The number of carbonyl (C=O) groups excluding carboxylic acids is 1. The molecular weight excluding hydrogens is 240 g/mol. The molecule has 0 saturated carbocycles. The largest absolute Gasteiger partial charge is 0.497 e. The summed E-state index contributed by atoms with van der Waals surface area (Å²) in [5.41, 5.74) is 1.18. The Morgan fingerprint density at radius 2 is 2.00 bits per heavy atom. The minimum Gasteiger partial charge on any atom is -0.497 e. The summed E-state index contributed by atoms with van der Waals surface area (Å²) >= 11 is 0. The van der Waals surface area contributed by atoms with Gasteiger partial charge in [-0.05, 0) is 24.6 Å². The van der Waals surface area contributed by atoms with E-state index in [1.807, 2.05) is 32.0 Å². The van der Waals surface area contributed by atoms with E-state index < -0.39 is 0 Å². The molecule has 2 N–H and O–H groups in total. The average molecular weight is 264 g/mol. The molecule has 0 aliphatic carbocycles. The molecule has 106 valence electrons. The highest BCUT2D eigenvalue weighted by molar-refractivity contribution is 5.77. The number of carbonyl (C=O) groups is 1. The van der Waals surface area contributed by atoms with Gasteiger partial charge in [0.15, 0.2) is 0 Å².